The lowest BCUT2D eigenvalue weighted by molar-refractivity contribution is 0.418. The first-order valence-electron chi connectivity index (χ1n) is 5.97. The first kappa shape index (κ1) is 11.9. The Bertz CT molecular complexity index is 445. The van der Waals surface area contributed by atoms with Gasteiger partial charge in [-0.05, 0) is 19.4 Å². The van der Waals surface area contributed by atoms with Crippen molar-refractivity contribution < 1.29 is 0 Å². The van der Waals surface area contributed by atoms with Crippen molar-refractivity contribution in [2.24, 2.45) is 5.73 Å². The maximum absolute atomic E-state index is 6.07. The Labute approximate surface area is 101 Å². The fourth-order valence-corrected chi connectivity index (χ4v) is 1.95. The van der Waals surface area contributed by atoms with Crippen LogP contribution >= 0.6 is 0 Å². The second-order valence-electron chi connectivity index (χ2n) is 4.32. The number of hydrogen-bond donors (Lipinski definition) is 1. The maximum Gasteiger partial charge on any atom is 0.0951 e. The van der Waals surface area contributed by atoms with Gasteiger partial charge in [-0.2, -0.15) is 5.10 Å². The van der Waals surface area contributed by atoms with Crippen molar-refractivity contribution in [3.63, 3.8) is 0 Å². The molecule has 0 saturated heterocycles. The Morgan fingerprint density at radius 2 is 2.29 bits per heavy atom. The van der Waals surface area contributed by atoms with Gasteiger partial charge >= 0.3 is 0 Å². The van der Waals surface area contributed by atoms with E-state index in [1.165, 1.54) is 0 Å². The van der Waals surface area contributed by atoms with Gasteiger partial charge in [0, 0.05) is 24.6 Å². The van der Waals surface area contributed by atoms with Crippen molar-refractivity contribution in [1.82, 2.24) is 19.3 Å². The van der Waals surface area contributed by atoms with Crippen LogP contribution in [0.5, 0.6) is 0 Å². The van der Waals surface area contributed by atoms with E-state index in [0.29, 0.717) is 6.04 Å². The van der Waals surface area contributed by atoms with E-state index < -0.39 is 0 Å². The highest BCUT2D eigenvalue weighted by Gasteiger charge is 2.14. The molecule has 5 nitrogen and oxygen atoms in total. The molecule has 0 bridgehead atoms. The molecule has 5 heteroatoms. The molecule has 2 aromatic rings. The standard InChI is InChI=1S/C12H19N5/c1-3-11(13)12-7-14-9-17(12)10(2)8-16-6-4-5-15-16/h4-7,9-11H,3,8,13H2,1-2H3/t10?,11-/m1/s1. The Morgan fingerprint density at radius 3 is 2.94 bits per heavy atom. The van der Waals surface area contributed by atoms with E-state index in [-0.39, 0.29) is 6.04 Å². The molecule has 0 aliphatic carbocycles. The van der Waals surface area contributed by atoms with E-state index in [1.807, 2.05) is 29.5 Å². The summed E-state index contributed by atoms with van der Waals surface area (Å²) in [5, 5.41) is 4.21. The highest BCUT2D eigenvalue weighted by atomic mass is 15.3. The van der Waals surface area contributed by atoms with Crippen LogP contribution in [0, 0.1) is 0 Å². The maximum atomic E-state index is 6.07. The SMILES string of the molecule is CC[C@@H](N)c1cncn1C(C)Cn1cccn1. The fraction of sp³-hybridized carbons (Fsp3) is 0.500. The monoisotopic (exact) mass is 233 g/mol. The summed E-state index contributed by atoms with van der Waals surface area (Å²) in [5.74, 6) is 0. The van der Waals surface area contributed by atoms with E-state index in [9.17, 15) is 0 Å². The minimum Gasteiger partial charge on any atom is -0.328 e. The van der Waals surface area contributed by atoms with Crippen LogP contribution in [0.2, 0.25) is 0 Å². The van der Waals surface area contributed by atoms with Crippen LogP contribution in [-0.2, 0) is 6.54 Å². The minimum absolute atomic E-state index is 0.0533. The number of imidazole rings is 1. The predicted octanol–water partition coefficient (Wildman–Crippen LogP) is 1.75. The van der Waals surface area contributed by atoms with Gasteiger partial charge in [0.05, 0.1) is 24.6 Å². The van der Waals surface area contributed by atoms with Gasteiger partial charge in [-0.3, -0.25) is 4.68 Å². The molecule has 0 saturated carbocycles. The van der Waals surface area contributed by atoms with Crippen molar-refractivity contribution in [1.29, 1.82) is 0 Å². The Kier molecular flexibility index (Phi) is 3.58. The van der Waals surface area contributed by atoms with Crippen LogP contribution in [0.15, 0.2) is 31.0 Å². The van der Waals surface area contributed by atoms with Gasteiger partial charge in [0.2, 0.25) is 0 Å². The third kappa shape index (κ3) is 2.55. The predicted molar refractivity (Wildman–Crippen MR) is 66.4 cm³/mol. The molecule has 2 aromatic heterocycles. The fourth-order valence-electron chi connectivity index (χ4n) is 1.95. The molecule has 0 aromatic carbocycles. The largest absolute Gasteiger partial charge is 0.328 e. The summed E-state index contributed by atoms with van der Waals surface area (Å²) in [6.45, 7) is 5.06. The summed E-state index contributed by atoms with van der Waals surface area (Å²) in [6.07, 6.45) is 8.37. The summed E-state index contributed by atoms with van der Waals surface area (Å²) >= 11 is 0. The summed E-state index contributed by atoms with van der Waals surface area (Å²) in [4.78, 5) is 4.19. The molecule has 92 valence electrons. The van der Waals surface area contributed by atoms with Crippen LogP contribution in [0.3, 0.4) is 0 Å². The highest BCUT2D eigenvalue weighted by Crippen LogP contribution is 2.18. The van der Waals surface area contributed by atoms with Crippen molar-refractivity contribution in [2.45, 2.75) is 38.9 Å². The molecule has 0 fully saturated rings. The van der Waals surface area contributed by atoms with Crippen LogP contribution in [-0.4, -0.2) is 19.3 Å². The van der Waals surface area contributed by atoms with E-state index in [4.69, 9.17) is 5.73 Å². The third-order valence-corrected chi connectivity index (χ3v) is 3.00. The first-order chi connectivity index (χ1) is 8.22. The molecule has 0 aliphatic rings. The van der Waals surface area contributed by atoms with E-state index >= 15 is 0 Å². The molecule has 2 rings (SSSR count). The quantitative estimate of drug-likeness (QED) is 0.855. The van der Waals surface area contributed by atoms with E-state index in [0.717, 1.165) is 18.7 Å². The average molecular weight is 233 g/mol. The van der Waals surface area contributed by atoms with Crippen LogP contribution < -0.4 is 5.73 Å². The van der Waals surface area contributed by atoms with Gasteiger partial charge < -0.3 is 10.3 Å². The highest BCUT2D eigenvalue weighted by molar-refractivity contribution is 5.05. The van der Waals surface area contributed by atoms with Crippen LogP contribution in [0.4, 0.5) is 0 Å². The minimum atomic E-state index is 0.0533. The first-order valence-corrected chi connectivity index (χ1v) is 5.97. The number of nitrogens with zero attached hydrogens (tertiary/aromatic N) is 4. The molecule has 0 radical (unpaired) electrons. The second-order valence-corrected chi connectivity index (χ2v) is 4.32. The van der Waals surface area contributed by atoms with Crippen molar-refractivity contribution >= 4 is 0 Å². The lowest BCUT2D eigenvalue weighted by Gasteiger charge is -2.19. The van der Waals surface area contributed by atoms with Gasteiger partial charge in [0.15, 0.2) is 0 Å². The molecule has 2 atom stereocenters. The zero-order valence-electron chi connectivity index (χ0n) is 10.3. The number of nitrogens with two attached hydrogens (primary N) is 1. The Balaban J connectivity index is 2.14. The zero-order chi connectivity index (χ0) is 12.3. The van der Waals surface area contributed by atoms with Gasteiger partial charge in [-0.15, -0.1) is 0 Å². The molecule has 1 unspecified atom stereocenters. The molecule has 0 amide bonds. The molecule has 2 heterocycles. The Morgan fingerprint density at radius 1 is 1.47 bits per heavy atom. The van der Waals surface area contributed by atoms with E-state index in [1.54, 1.807) is 6.20 Å². The molecule has 0 aliphatic heterocycles. The second kappa shape index (κ2) is 5.14. The summed E-state index contributed by atoms with van der Waals surface area (Å²) in [6, 6.07) is 2.28. The summed E-state index contributed by atoms with van der Waals surface area (Å²) < 4.78 is 4.06. The molecular formula is C12H19N5. The number of hydrogen-bond acceptors (Lipinski definition) is 3. The number of aromatic nitrogens is 4. The normalized spacial score (nSPS) is 14.8. The van der Waals surface area contributed by atoms with Crippen LogP contribution in [0.25, 0.3) is 0 Å². The summed E-state index contributed by atoms with van der Waals surface area (Å²) in [5.41, 5.74) is 7.16. The van der Waals surface area contributed by atoms with Crippen molar-refractivity contribution in [3.05, 3.63) is 36.7 Å². The van der Waals surface area contributed by atoms with Gasteiger partial charge in [-0.25, -0.2) is 4.98 Å². The van der Waals surface area contributed by atoms with Crippen molar-refractivity contribution in [2.75, 3.05) is 0 Å². The van der Waals surface area contributed by atoms with Crippen LogP contribution in [0.1, 0.15) is 38.0 Å². The molecule has 17 heavy (non-hydrogen) atoms. The smallest absolute Gasteiger partial charge is 0.0951 e. The number of rotatable bonds is 5. The molecule has 0 spiro atoms. The topological polar surface area (TPSA) is 61.7 Å². The van der Waals surface area contributed by atoms with Gasteiger partial charge in [0.25, 0.3) is 0 Å². The summed E-state index contributed by atoms with van der Waals surface area (Å²) in [7, 11) is 0. The van der Waals surface area contributed by atoms with Gasteiger partial charge in [-0.1, -0.05) is 6.92 Å². The zero-order valence-corrected chi connectivity index (χ0v) is 10.3. The molecule has 2 N–H and O–H groups in total. The third-order valence-electron chi connectivity index (χ3n) is 3.00. The van der Waals surface area contributed by atoms with Crippen molar-refractivity contribution in [3.8, 4) is 0 Å². The molecular weight excluding hydrogens is 214 g/mol. The Hall–Kier alpha value is -1.62. The van der Waals surface area contributed by atoms with E-state index in [2.05, 4.69) is 28.5 Å². The lowest BCUT2D eigenvalue weighted by Crippen LogP contribution is -2.19. The average Bonchev–Trinajstić information content (AvgIpc) is 2.97. The lowest BCUT2D eigenvalue weighted by atomic mass is 10.1. The van der Waals surface area contributed by atoms with Gasteiger partial charge in [0.1, 0.15) is 0 Å².